The lowest BCUT2D eigenvalue weighted by Crippen LogP contribution is -2.40. The molecule has 1 fully saturated rings. The van der Waals surface area contributed by atoms with Crippen molar-refractivity contribution in [1.29, 1.82) is 0 Å². The molecule has 0 unspecified atom stereocenters. The summed E-state index contributed by atoms with van der Waals surface area (Å²) in [6, 6.07) is 9.24. The fourth-order valence-corrected chi connectivity index (χ4v) is 5.18. The lowest BCUT2D eigenvalue weighted by Gasteiger charge is -2.16. The molecule has 5 rings (SSSR count). The van der Waals surface area contributed by atoms with Crippen LogP contribution in [-0.2, 0) is 11.8 Å². The summed E-state index contributed by atoms with van der Waals surface area (Å²) in [5, 5.41) is 9.35. The molecule has 0 saturated carbocycles. The van der Waals surface area contributed by atoms with Gasteiger partial charge in [0.2, 0.25) is 11.9 Å². The molecule has 2 aromatic carbocycles. The molecule has 0 bridgehead atoms. The predicted octanol–water partition coefficient (Wildman–Crippen LogP) is 3.80. The van der Waals surface area contributed by atoms with Crippen molar-refractivity contribution in [3.8, 4) is 5.75 Å². The van der Waals surface area contributed by atoms with E-state index in [1.165, 1.54) is 18.2 Å². The number of fused-ring (bicyclic) bond motifs is 2. The Morgan fingerprint density at radius 2 is 1.95 bits per heavy atom. The Labute approximate surface area is 230 Å². The van der Waals surface area contributed by atoms with E-state index in [0.717, 1.165) is 23.3 Å². The van der Waals surface area contributed by atoms with E-state index in [4.69, 9.17) is 0 Å². The summed E-state index contributed by atoms with van der Waals surface area (Å²) in [6.45, 7) is 1.20. The molecule has 3 heterocycles. The molecule has 2 aromatic heterocycles. The molecule has 1 aliphatic rings. The zero-order valence-corrected chi connectivity index (χ0v) is 22.5. The molecule has 39 heavy (non-hydrogen) atoms. The number of halogens is 4. The number of nitrogens with zero attached hydrogens (tertiary/aromatic N) is 4. The highest BCUT2D eigenvalue weighted by Gasteiger charge is 2.31. The van der Waals surface area contributed by atoms with Crippen LogP contribution in [0.15, 0.2) is 36.4 Å². The van der Waals surface area contributed by atoms with E-state index in [1.807, 2.05) is 7.05 Å². The molecule has 0 radical (unpaired) electrons. The Hall–Kier alpha value is -3.62. The van der Waals surface area contributed by atoms with Crippen molar-refractivity contribution in [3.05, 3.63) is 42.0 Å². The maximum Gasteiger partial charge on any atom is 0.573 e. The molecule has 3 N–H and O–H groups in total. The number of hydrogen-bond donors (Lipinski definition) is 3. The molecule has 10 nitrogen and oxygen atoms in total. The number of anilines is 2. The zero-order valence-electron chi connectivity index (χ0n) is 20.8. The largest absolute Gasteiger partial charge is 0.573 e. The summed E-state index contributed by atoms with van der Waals surface area (Å²) < 4.78 is 43.8. The standard InChI is InChI=1S/C24H24F3N7O3S.ClH/c1-28-14-7-8-34(12-14)20(35)11-29-21(36)13-3-6-18-17(9-13)30-22(33(18)2)32-23-31-16-5-4-15(10-19(16)38-23)37-24(25,26)27;/h3-6,9-10,14,28H,7-8,11-12H2,1-2H3,(H,29,36)(H,30,31,32);1H/t14-;/m1./s1. The number of benzene rings is 2. The number of amides is 2. The van der Waals surface area contributed by atoms with Gasteiger partial charge in [-0.3, -0.25) is 9.59 Å². The van der Waals surface area contributed by atoms with Crippen molar-refractivity contribution < 1.29 is 27.5 Å². The van der Waals surface area contributed by atoms with Gasteiger partial charge in [-0.2, -0.15) is 0 Å². The third-order valence-electron chi connectivity index (χ3n) is 6.30. The van der Waals surface area contributed by atoms with E-state index in [1.54, 1.807) is 34.7 Å². The van der Waals surface area contributed by atoms with Crippen molar-refractivity contribution in [2.45, 2.75) is 18.8 Å². The van der Waals surface area contributed by atoms with Crippen LogP contribution < -0.4 is 20.7 Å². The van der Waals surface area contributed by atoms with Gasteiger partial charge < -0.3 is 30.2 Å². The number of alkyl halides is 3. The molecule has 15 heteroatoms. The molecule has 0 spiro atoms. The van der Waals surface area contributed by atoms with Gasteiger partial charge in [0.25, 0.3) is 5.91 Å². The Bertz CT molecular complexity index is 1520. The number of carbonyl (C=O) groups excluding carboxylic acids is 2. The third kappa shape index (κ3) is 6.34. The number of aromatic nitrogens is 3. The summed E-state index contributed by atoms with van der Waals surface area (Å²) in [6.07, 6.45) is -3.89. The average Bonchev–Trinajstić information content (AvgIpc) is 3.58. The SMILES string of the molecule is CN[C@@H]1CCN(C(=O)CNC(=O)c2ccc3c(c2)nc(Nc2nc4ccc(OC(F)(F)F)cc4s2)n3C)C1.Cl. The van der Waals surface area contributed by atoms with Gasteiger partial charge in [-0.05, 0) is 43.8 Å². The van der Waals surface area contributed by atoms with Crippen molar-refractivity contribution in [2.24, 2.45) is 7.05 Å². The first-order valence-electron chi connectivity index (χ1n) is 11.7. The third-order valence-corrected chi connectivity index (χ3v) is 7.24. The van der Waals surface area contributed by atoms with Crippen LogP contribution >= 0.6 is 23.7 Å². The molecule has 0 aliphatic carbocycles. The maximum atomic E-state index is 12.7. The normalized spacial score (nSPS) is 15.4. The summed E-state index contributed by atoms with van der Waals surface area (Å²) in [7, 11) is 3.65. The van der Waals surface area contributed by atoms with E-state index in [0.29, 0.717) is 45.5 Å². The highest BCUT2D eigenvalue weighted by atomic mass is 35.5. The number of ether oxygens (including phenoxy) is 1. The number of likely N-dealkylation sites (tertiary alicyclic amines) is 1. The number of nitrogens with one attached hydrogen (secondary N) is 3. The highest BCUT2D eigenvalue weighted by molar-refractivity contribution is 7.22. The number of likely N-dealkylation sites (N-methyl/N-ethyl adjacent to an activating group) is 1. The number of carbonyl (C=O) groups is 2. The lowest BCUT2D eigenvalue weighted by atomic mass is 10.2. The first kappa shape index (κ1) is 28.4. The smallest absolute Gasteiger partial charge is 0.406 e. The van der Waals surface area contributed by atoms with Crippen molar-refractivity contribution in [1.82, 2.24) is 30.1 Å². The quantitative estimate of drug-likeness (QED) is 0.303. The fraction of sp³-hybridized carbons (Fsp3) is 0.333. The van der Waals surface area contributed by atoms with Crippen LogP contribution in [0.1, 0.15) is 16.8 Å². The first-order chi connectivity index (χ1) is 18.1. The van der Waals surface area contributed by atoms with Crippen molar-refractivity contribution in [2.75, 3.05) is 32.0 Å². The van der Waals surface area contributed by atoms with E-state index in [2.05, 4.69) is 30.7 Å². The minimum atomic E-state index is -4.78. The van der Waals surface area contributed by atoms with E-state index in [-0.39, 0.29) is 42.6 Å². The zero-order chi connectivity index (χ0) is 27.0. The lowest BCUT2D eigenvalue weighted by molar-refractivity contribution is -0.274. The van der Waals surface area contributed by atoms with E-state index in [9.17, 15) is 22.8 Å². The molecule has 4 aromatic rings. The van der Waals surface area contributed by atoms with Gasteiger partial charge in [0.1, 0.15) is 5.75 Å². The van der Waals surface area contributed by atoms with Crippen LogP contribution in [0.3, 0.4) is 0 Å². The Kier molecular flexibility index (Phi) is 8.18. The van der Waals surface area contributed by atoms with Gasteiger partial charge in [-0.25, -0.2) is 9.97 Å². The molecule has 1 atom stereocenters. The van der Waals surface area contributed by atoms with Crippen LogP contribution in [0.25, 0.3) is 21.3 Å². The average molecular weight is 584 g/mol. The molecular formula is C24H25ClF3N7O3S. The molecular weight excluding hydrogens is 559 g/mol. The van der Waals surface area contributed by atoms with Crippen LogP contribution in [0.5, 0.6) is 5.75 Å². The van der Waals surface area contributed by atoms with Gasteiger partial charge in [0, 0.05) is 37.8 Å². The highest BCUT2D eigenvalue weighted by Crippen LogP contribution is 2.33. The monoisotopic (exact) mass is 583 g/mol. The van der Waals surface area contributed by atoms with Gasteiger partial charge in [0.15, 0.2) is 5.13 Å². The molecule has 208 valence electrons. The van der Waals surface area contributed by atoms with E-state index >= 15 is 0 Å². The Balaban J connectivity index is 0.00000353. The fourth-order valence-electron chi connectivity index (χ4n) is 4.30. The van der Waals surface area contributed by atoms with Gasteiger partial charge in [0.05, 0.1) is 27.8 Å². The molecule has 2 amide bonds. The molecule has 1 aliphatic heterocycles. The predicted molar refractivity (Wildman–Crippen MR) is 144 cm³/mol. The summed E-state index contributed by atoms with van der Waals surface area (Å²) in [4.78, 5) is 35.8. The number of thiazole rings is 1. The van der Waals surface area contributed by atoms with Gasteiger partial charge in [-0.15, -0.1) is 25.6 Å². The van der Waals surface area contributed by atoms with Crippen LogP contribution in [-0.4, -0.2) is 70.3 Å². The second-order valence-corrected chi connectivity index (χ2v) is 9.85. The van der Waals surface area contributed by atoms with Crippen LogP contribution in [0.4, 0.5) is 24.3 Å². The maximum absolute atomic E-state index is 12.7. The van der Waals surface area contributed by atoms with Crippen molar-refractivity contribution in [3.63, 3.8) is 0 Å². The minimum Gasteiger partial charge on any atom is -0.406 e. The summed E-state index contributed by atoms with van der Waals surface area (Å²) in [5.41, 5.74) is 2.17. The Morgan fingerprint density at radius 1 is 1.15 bits per heavy atom. The topological polar surface area (TPSA) is 113 Å². The van der Waals surface area contributed by atoms with E-state index < -0.39 is 6.36 Å². The number of imidazole rings is 1. The Morgan fingerprint density at radius 3 is 2.67 bits per heavy atom. The minimum absolute atomic E-state index is 0. The van der Waals surface area contributed by atoms with Crippen LogP contribution in [0, 0.1) is 0 Å². The van der Waals surface area contributed by atoms with Gasteiger partial charge in [-0.1, -0.05) is 11.3 Å². The number of rotatable bonds is 7. The number of aryl methyl sites for hydroxylation is 1. The van der Waals surface area contributed by atoms with Crippen molar-refractivity contribution >= 4 is 67.9 Å². The summed E-state index contributed by atoms with van der Waals surface area (Å²) >= 11 is 1.15. The first-order valence-corrected chi connectivity index (χ1v) is 12.5. The number of hydrogen-bond acceptors (Lipinski definition) is 8. The summed E-state index contributed by atoms with van der Waals surface area (Å²) in [5.74, 6) is -0.396. The second-order valence-electron chi connectivity index (χ2n) is 8.82. The second kappa shape index (κ2) is 11.2. The van der Waals surface area contributed by atoms with Gasteiger partial charge >= 0.3 is 6.36 Å². The van der Waals surface area contributed by atoms with Crippen LogP contribution in [0.2, 0.25) is 0 Å². The molecule has 1 saturated heterocycles.